The maximum atomic E-state index is 12.7. The van der Waals surface area contributed by atoms with Crippen molar-refractivity contribution in [1.29, 1.82) is 0 Å². The highest BCUT2D eigenvalue weighted by Gasteiger charge is 2.20. The smallest absolute Gasteiger partial charge is 0.341 e. The first-order valence-electron chi connectivity index (χ1n) is 10.8. The molecule has 1 amide bonds. The second kappa shape index (κ2) is 11.3. The van der Waals surface area contributed by atoms with Crippen molar-refractivity contribution in [3.63, 3.8) is 0 Å². The summed E-state index contributed by atoms with van der Waals surface area (Å²) < 4.78 is 7.12. The summed E-state index contributed by atoms with van der Waals surface area (Å²) in [5, 5.41) is 12.7. The molecular weight excluding hydrogens is 458 g/mol. The summed E-state index contributed by atoms with van der Waals surface area (Å²) >= 11 is 2.71. The van der Waals surface area contributed by atoms with Crippen LogP contribution in [0.3, 0.4) is 0 Å². The fourth-order valence-electron chi connectivity index (χ4n) is 3.18. The van der Waals surface area contributed by atoms with Crippen LogP contribution < -0.4 is 10.2 Å². The summed E-state index contributed by atoms with van der Waals surface area (Å²) in [5.74, 6) is 0.278. The van der Waals surface area contributed by atoms with Crippen LogP contribution in [0.5, 0.6) is 0 Å². The molecule has 0 fully saturated rings. The predicted octanol–water partition coefficient (Wildman–Crippen LogP) is 4.56. The van der Waals surface area contributed by atoms with Gasteiger partial charge in [0.05, 0.1) is 17.9 Å². The number of thiophene rings is 1. The number of carbonyl (C=O) groups excluding carboxylic acids is 2. The van der Waals surface area contributed by atoms with E-state index in [1.165, 1.54) is 23.1 Å². The number of aryl methyl sites for hydroxylation is 1. The van der Waals surface area contributed by atoms with Gasteiger partial charge in [0, 0.05) is 36.8 Å². The average molecular weight is 488 g/mol. The van der Waals surface area contributed by atoms with Crippen molar-refractivity contribution in [2.75, 3.05) is 36.7 Å². The number of anilines is 2. The van der Waals surface area contributed by atoms with Crippen LogP contribution in [0, 0.1) is 0 Å². The van der Waals surface area contributed by atoms with Crippen molar-refractivity contribution < 1.29 is 14.3 Å². The summed E-state index contributed by atoms with van der Waals surface area (Å²) in [5.41, 5.74) is 2.44. The standard InChI is InChI=1S/C23H29N5O3S2/c1-6-17-13-18(22(30)31-8-3)21(33-17)24-19(29)14-32-23-26-25-20(28(23)7-2)15-10-9-11-16(12-15)27(4)5/h9-13H,6-8,14H2,1-5H3,(H,24,29). The van der Waals surface area contributed by atoms with Crippen molar-refractivity contribution in [3.05, 3.63) is 40.8 Å². The van der Waals surface area contributed by atoms with Crippen LogP contribution in [0.25, 0.3) is 11.4 Å². The Morgan fingerprint density at radius 3 is 2.64 bits per heavy atom. The van der Waals surface area contributed by atoms with Gasteiger partial charge in [0.25, 0.3) is 0 Å². The first-order valence-corrected chi connectivity index (χ1v) is 12.6. The molecule has 33 heavy (non-hydrogen) atoms. The number of amides is 1. The van der Waals surface area contributed by atoms with E-state index in [1.807, 2.05) is 55.6 Å². The fourth-order valence-corrected chi connectivity index (χ4v) is 4.98. The molecule has 0 bridgehead atoms. The molecule has 0 aliphatic carbocycles. The van der Waals surface area contributed by atoms with Gasteiger partial charge in [-0.25, -0.2) is 4.79 Å². The number of hydrogen-bond acceptors (Lipinski definition) is 8. The molecule has 10 heteroatoms. The van der Waals surface area contributed by atoms with E-state index < -0.39 is 5.97 Å². The highest BCUT2D eigenvalue weighted by Crippen LogP contribution is 2.30. The number of hydrogen-bond donors (Lipinski definition) is 1. The van der Waals surface area contributed by atoms with Gasteiger partial charge < -0.3 is 19.5 Å². The van der Waals surface area contributed by atoms with Gasteiger partial charge in [-0.15, -0.1) is 21.5 Å². The quantitative estimate of drug-likeness (QED) is 0.331. The van der Waals surface area contributed by atoms with E-state index >= 15 is 0 Å². The Balaban J connectivity index is 1.72. The summed E-state index contributed by atoms with van der Waals surface area (Å²) in [6, 6.07) is 9.88. The SMILES string of the molecule is CCOC(=O)c1cc(CC)sc1NC(=O)CSc1nnc(-c2cccc(N(C)C)c2)n1CC. The number of esters is 1. The molecule has 0 spiro atoms. The zero-order valence-corrected chi connectivity index (χ0v) is 21.2. The molecule has 0 saturated heterocycles. The molecule has 0 aliphatic heterocycles. The minimum Gasteiger partial charge on any atom is -0.462 e. The number of aromatic nitrogens is 3. The lowest BCUT2D eigenvalue weighted by molar-refractivity contribution is -0.113. The van der Waals surface area contributed by atoms with E-state index in [0.29, 0.717) is 22.3 Å². The van der Waals surface area contributed by atoms with E-state index in [0.717, 1.165) is 28.4 Å². The minimum atomic E-state index is -0.424. The average Bonchev–Trinajstić information content (AvgIpc) is 3.41. The molecule has 2 aromatic heterocycles. The lowest BCUT2D eigenvalue weighted by Gasteiger charge is -2.14. The number of carbonyl (C=O) groups is 2. The number of nitrogens with zero attached hydrogens (tertiary/aromatic N) is 4. The van der Waals surface area contributed by atoms with Crippen LogP contribution in [0.1, 0.15) is 36.0 Å². The zero-order chi connectivity index (χ0) is 24.0. The molecule has 0 radical (unpaired) electrons. The first-order chi connectivity index (χ1) is 15.9. The van der Waals surface area contributed by atoms with Crippen LogP contribution in [0.4, 0.5) is 10.7 Å². The van der Waals surface area contributed by atoms with Gasteiger partial charge in [-0.1, -0.05) is 30.8 Å². The van der Waals surface area contributed by atoms with Gasteiger partial charge in [-0.05, 0) is 38.5 Å². The maximum absolute atomic E-state index is 12.7. The Morgan fingerprint density at radius 1 is 1.18 bits per heavy atom. The van der Waals surface area contributed by atoms with Gasteiger partial charge in [0.15, 0.2) is 11.0 Å². The topological polar surface area (TPSA) is 89.3 Å². The lowest BCUT2D eigenvalue weighted by Crippen LogP contribution is -2.16. The molecule has 8 nitrogen and oxygen atoms in total. The zero-order valence-electron chi connectivity index (χ0n) is 19.5. The highest BCUT2D eigenvalue weighted by molar-refractivity contribution is 7.99. The van der Waals surface area contributed by atoms with Crippen LogP contribution in [0.15, 0.2) is 35.5 Å². The Morgan fingerprint density at radius 2 is 1.97 bits per heavy atom. The number of nitrogens with one attached hydrogen (secondary N) is 1. The highest BCUT2D eigenvalue weighted by atomic mass is 32.2. The largest absolute Gasteiger partial charge is 0.462 e. The van der Waals surface area contributed by atoms with Crippen molar-refractivity contribution in [3.8, 4) is 11.4 Å². The normalized spacial score (nSPS) is 10.8. The number of rotatable bonds is 10. The second-order valence-corrected chi connectivity index (χ2v) is 9.44. The summed E-state index contributed by atoms with van der Waals surface area (Å²) in [6.07, 6.45) is 0.777. The molecule has 0 unspecified atom stereocenters. The molecule has 3 rings (SSSR count). The van der Waals surface area contributed by atoms with Crippen LogP contribution in [0.2, 0.25) is 0 Å². The Bertz CT molecular complexity index is 1120. The number of benzene rings is 1. The lowest BCUT2D eigenvalue weighted by atomic mass is 10.2. The molecule has 0 saturated carbocycles. The third-order valence-corrected chi connectivity index (χ3v) is 7.03. The Hall–Kier alpha value is -2.85. The third-order valence-electron chi connectivity index (χ3n) is 4.87. The monoisotopic (exact) mass is 487 g/mol. The Kier molecular flexibility index (Phi) is 8.51. The van der Waals surface area contributed by atoms with Gasteiger partial charge in [0.2, 0.25) is 5.91 Å². The van der Waals surface area contributed by atoms with Crippen molar-refractivity contribution in [2.24, 2.45) is 0 Å². The number of ether oxygens (including phenoxy) is 1. The minimum absolute atomic E-state index is 0.150. The molecule has 0 aliphatic rings. The third kappa shape index (κ3) is 5.94. The van der Waals surface area contributed by atoms with Gasteiger partial charge >= 0.3 is 5.97 Å². The van der Waals surface area contributed by atoms with Crippen molar-refractivity contribution in [2.45, 2.75) is 38.9 Å². The summed E-state index contributed by atoms with van der Waals surface area (Å²) in [6.45, 7) is 6.75. The van der Waals surface area contributed by atoms with E-state index in [-0.39, 0.29) is 18.3 Å². The first kappa shape index (κ1) is 24.8. The van der Waals surface area contributed by atoms with Crippen molar-refractivity contribution in [1.82, 2.24) is 14.8 Å². The van der Waals surface area contributed by atoms with E-state index in [1.54, 1.807) is 13.0 Å². The molecule has 3 aromatic rings. The van der Waals surface area contributed by atoms with Gasteiger partial charge in [-0.2, -0.15) is 0 Å². The predicted molar refractivity (Wildman–Crippen MR) is 134 cm³/mol. The van der Waals surface area contributed by atoms with Crippen LogP contribution >= 0.6 is 23.1 Å². The molecule has 1 aromatic carbocycles. The number of thioether (sulfide) groups is 1. The van der Waals surface area contributed by atoms with E-state index in [2.05, 4.69) is 21.6 Å². The Labute approximate surface area is 202 Å². The molecule has 0 atom stereocenters. The second-order valence-electron chi connectivity index (χ2n) is 7.36. The summed E-state index contributed by atoms with van der Waals surface area (Å²) in [4.78, 5) is 28.0. The van der Waals surface area contributed by atoms with Crippen molar-refractivity contribution >= 4 is 45.7 Å². The molecular formula is C23H29N5O3S2. The maximum Gasteiger partial charge on any atom is 0.341 e. The fraction of sp³-hybridized carbons (Fsp3) is 0.391. The van der Waals surface area contributed by atoms with Gasteiger partial charge in [-0.3, -0.25) is 4.79 Å². The van der Waals surface area contributed by atoms with E-state index in [4.69, 9.17) is 4.74 Å². The van der Waals surface area contributed by atoms with Gasteiger partial charge in [0.1, 0.15) is 5.00 Å². The van der Waals surface area contributed by atoms with Crippen LogP contribution in [-0.2, 0) is 22.5 Å². The molecule has 2 heterocycles. The van der Waals surface area contributed by atoms with E-state index in [9.17, 15) is 9.59 Å². The molecule has 1 N–H and O–H groups in total. The molecule has 176 valence electrons. The summed E-state index contributed by atoms with van der Waals surface area (Å²) in [7, 11) is 3.99. The van der Waals surface area contributed by atoms with Crippen LogP contribution in [-0.4, -0.2) is 53.1 Å².